The summed E-state index contributed by atoms with van der Waals surface area (Å²) >= 11 is 0. The molecule has 0 unspecified atom stereocenters. The molecule has 0 aliphatic carbocycles. The van der Waals surface area contributed by atoms with Crippen molar-refractivity contribution < 1.29 is 14.8 Å². The topological polar surface area (TPSA) is 116 Å². The van der Waals surface area contributed by atoms with Crippen molar-refractivity contribution in [1.82, 2.24) is 19.3 Å². The van der Waals surface area contributed by atoms with Crippen molar-refractivity contribution in [1.29, 1.82) is 0 Å². The fourth-order valence-electron chi connectivity index (χ4n) is 1.73. The van der Waals surface area contributed by atoms with E-state index in [1.165, 1.54) is 17.1 Å². The lowest BCUT2D eigenvalue weighted by atomic mass is 10.4. The minimum atomic E-state index is -1.23. The number of hydrogen-bond donors (Lipinski definition) is 1. The molecule has 100 valence electrons. The van der Waals surface area contributed by atoms with Crippen molar-refractivity contribution in [2.75, 3.05) is 0 Å². The van der Waals surface area contributed by atoms with Crippen LogP contribution in [0.2, 0.25) is 0 Å². The molecule has 9 nitrogen and oxygen atoms in total. The Kier molecular flexibility index (Phi) is 3.27. The highest BCUT2D eigenvalue weighted by atomic mass is 16.6. The zero-order chi connectivity index (χ0) is 14.0. The van der Waals surface area contributed by atoms with Gasteiger partial charge in [0.05, 0.1) is 17.7 Å². The van der Waals surface area contributed by atoms with Crippen LogP contribution < -0.4 is 0 Å². The molecule has 9 heteroatoms. The number of aryl methyl sites for hydroxylation is 1. The lowest BCUT2D eigenvalue weighted by Crippen LogP contribution is -2.13. The molecule has 0 saturated heterocycles. The van der Waals surface area contributed by atoms with E-state index in [9.17, 15) is 14.9 Å². The van der Waals surface area contributed by atoms with E-state index in [1.807, 2.05) is 6.92 Å². The Morgan fingerprint density at radius 3 is 2.89 bits per heavy atom. The highest BCUT2D eigenvalue weighted by Gasteiger charge is 2.19. The first-order chi connectivity index (χ1) is 9.02. The number of aromatic nitrogens is 4. The maximum absolute atomic E-state index is 11.1. The molecule has 0 amide bonds. The predicted molar refractivity (Wildman–Crippen MR) is 62.8 cm³/mol. The first kappa shape index (κ1) is 12.7. The lowest BCUT2D eigenvalue weighted by molar-refractivity contribution is -0.384. The Labute approximate surface area is 107 Å². The third kappa shape index (κ3) is 2.44. The van der Waals surface area contributed by atoms with Gasteiger partial charge in [0, 0.05) is 12.6 Å². The van der Waals surface area contributed by atoms with Crippen molar-refractivity contribution in [2.24, 2.45) is 0 Å². The molecule has 0 fully saturated rings. The number of nitrogens with zero attached hydrogens (tertiary/aromatic N) is 5. The maximum Gasteiger partial charge on any atom is 0.352 e. The van der Waals surface area contributed by atoms with Crippen LogP contribution in [0.5, 0.6) is 0 Å². The Hall–Kier alpha value is -2.71. The monoisotopic (exact) mass is 265 g/mol. The highest BCUT2D eigenvalue weighted by molar-refractivity contribution is 5.86. The van der Waals surface area contributed by atoms with Gasteiger partial charge in [-0.1, -0.05) is 0 Å². The van der Waals surface area contributed by atoms with Crippen molar-refractivity contribution in [3.8, 4) is 0 Å². The average Bonchev–Trinajstić information content (AvgIpc) is 2.95. The number of nitro groups is 1. The Balaban J connectivity index is 2.38. The molecule has 0 aliphatic heterocycles. The van der Waals surface area contributed by atoms with Crippen LogP contribution >= 0.6 is 0 Å². The summed E-state index contributed by atoms with van der Waals surface area (Å²) < 4.78 is 2.87. The molecule has 0 saturated carbocycles. The van der Waals surface area contributed by atoms with Crippen LogP contribution in [0.1, 0.15) is 23.2 Å². The molecule has 0 aliphatic rings. The molecule has 19 heavy (non-hydrogen) atoms. The van der Waals surface area contributed by atoms with Crippen molar-refractivity contribution in [3.63, 3.8) is 0 Å². The van der Waals surface area contributed by atoms with Gasteiger partial charge < -0.3 is 9.67 Å². The summed E-state index contributed by atoms with van der Waals surface area (Å²) in [5.41, 5.74) is -0.419. The third-order valence-corrected chi connectivity index (χ3v) is 2.62. The van der Waals surface area contributed by atoms with Gasteiger partial charge in [-0.15, -0.1) is 0 Å². The molecule has 0 atom stereocenters. The molecule has 2 heterocycles. The summed E-state index contributed by atoms with van der Waals surface area (Å²) in [5, 5.41) is 23.7. The summed E-state index contributed by atoms with van der Waals surface area (Å²) in [6.07, 6.45) is 2.54. The van der Waals surface area contributed by atoms with Crippen LogP contribution in [0.4, 0.5) is 5.69 Å². The predicted octanol–water partition coefficient (Wildman–Crippen LogP) is 0.754. The van der Waals surface area contributed by atoms with E-state index >= 15 is 0 Å². The Bertz CT molecular complexity index is 630. The largest absolute Gasteiger partial charge is 0.477 e. The lowest BCUT2D eigenvalue weighted by Gasteiger charge is -2.05. The van der Waals surface area contributed by atoms with Gasteiger partial charge in [0.25, 0.3) is 5.69 Å². The Morgan fingerprint density at radius 2 is 2.32 bits per heavy atom. The maximum atomic E-state index is 11.1. The van der Waals surface area contributed by atoms with E-state index in [0.717, 1.165) is 6.07 Å². The van der Waals surface area contributed by atoms with Crippen molar-refractivity contribution in [3.05, 3.63) is 40.2 Å². The van der Waals surface area contributed by atoms with E-state index < -0.39 is 10.9 Å². The van der Waals surface area contributed by atoms with Crippen LogP contribution in [-0.2, 0) is 13.1 Å². The van der Waals surface area contributed by atoms with Gasteiger partial charge in [-0.05, 0) is 6.92 Å². The van der Waals surface area contributed by atoms with E-state index in [2.05, 4.69) is 10.1 Å². The summed E-state index contributed by atoms with van der Waals surface area (Å²) in [4.78, 5) is 25.1. The molecular weight excluding hydrogens is 254 g/mol. The van der Waals surface area contributed by atoms with Gasteiger partial charge in [-0.3, -0.25) is 10.1 Å². The van der Waals surface area contributed by atoms with Gasteiger partial charge in [0.1, 0.15) is 17.8 Å². The van der Waals surface area contributed by atoms with Gasteiger partial charge in [0.2, 0.25) is 0 Å². The SMILES string of the molecule is CCn1ncnc1Cn1cc([N+](=O)[O-])cc1C(=O)O. The first-order valence-electron chi connectivity index (χ1n) is 5.47. The van der Waals surface area contributed by atoms with Crippen LogP contribution in [0, 0.1) is 10.1 Å². The highest BCUT2D eigenvalue weighted by Crippen LogP contribution is 2.17. The van der Waals surface area contributed by atoms with E-state index in [0.29, 0.717) is 12.4 Å². The molecular formula is C10H11N5O4. The number of carboxylic acid groups (broad SMARTS) is 1. The van der Waals surface area contributed by atoms with Gasteiger partial charge in [0.15, 0.2) is 0 Å². The average molecular weight is 265 g/mol. The number of carbonyl (C=O) groups is 1. The smallest absolute Gasteiger partial charge is 0.352 e. The summed E-state index contributed by atoms with van der Waals surface area (Å²) in [7, 11) is 0. The molecule has 0 bridgehead atoms. The van der Waals surface area contributed by atoms with Crippen LogP contribution in [0.3, 0.4) is 0 Å². The molecule has 2 rings (SSSR count). The van der Waals surface area contributed by atoms with Crippen LogP contribution in [0.15, 0.2) is 18.6 Å². The number of aromatic carboxylic acids is 1. The van der Waals surface area contributed by atoms with E-state index in [-0.39, 0.29) is 17.9 Å². The number of carboxylic acids is 1. The van der Waals surface area contributed by atoms with Crippen LogP contribution in [-0.4, -0.2) is 35.3 Å². The number of rotatable bonds is 5. The van der Waals surface area contributed by atoms with Crippen molar-refractivity contribution >= 4 is 11.7 Å². The van der Waals surface area contributed by atoms with Gasteiger partial charge in [-0.2, -0.15) is 5.10 Å². The second-order valence-electron chi connectivity index (χ2n) is 3.77. The zero-order valence-electron chi connectivity index (χ0n) is 10.1. The third-order valence-electron chi connectivity index (χ3n) is 2.62. The zero-order valence-corrected chi connectivity index (χ0v) is 10.1. The second kappa shape index (κ2) is 4.88. The fourth-order valence-corrected chi connectivity index (χ4v) is 1.73. The second-order valence-corrected chi connectivity index (χ2v) is 3.77. The normalized spacial score (nSPS) is 10.6. The van der Waals surface area contributed by atoms with Gasteiger partial charge >= 0.3 is 5.97 Å². The number of hydrogen-bond acceptors (Lipinski definition) is 5. The summed E-state index contributed by atoms with van der Waals surface area (Å²) in [5.74, 6) is -0.689. The molecule has 2 aromatic rings. The molecule has 0 spiro atoms. The van der Waals surface area contributed by atoms with Gasteiger partial charge in [-0.25, -0.2) is 14.5 Å². The molecule has 2 aromatic heterocycles. The molecule has 1 N–H and O–H groups in total. The minimum absolute atomic E-state index is 0.114. The summed E-state index contributed by atoms with van der Waals surface area (Å²) in [6, 6.07) is 1.02. The first-order valence-corrected chi connectivity index (χ1v) is 5.47. The summed E-state index contributed by atoms with van der Waals surface area (Å²) in [6.45, 7) is 2.57. The van der Waals surface area contributed by atoms with Crippen molar-refractivity contribution in [2.45, 2.75) is 20.0 Å². The van der Waals surface area contributed by atoms with E-state index in [1.54, 1.807) is 4.68 Å². The molecule has 0 aromatic carbocycles. The minimum Gasteiger partial charge on any atom is -0.477 e. The van der Waals surface area contributed by atoms with Crippen LogP contribution in [0.25, 0.3) is 0 Å². The Morgan fingerprint density at radius 1 is 1.58 bits per heavy atom. The standard InChI is InChI=1S/C10H11N5O4/c1-2-14-9(11-6-12-14)5-13-4-7(15(18)19)3-8(13)10(16)17/h3-4,6H,2,5H2,1H3,(H,16,17). The fraction of sp³-hybridized carbons (Fsp3) is 0.300. The van der Waals surface area contributed by atoms with E-state index in [4.69, 9.17) is 5.11 Å². The quantitative estimate of drug-likeness (QED) is 0.630. The molecule has 0 radical (unpaired) electrons.